The van der Waals surface area contributed by atoms with Crippen molar-refractivity contribution in [1.82, 2.24) is 10.2 Å². The minimum absolute atomic E-state index is 0.208. The monoisotopic (exact) mass is 618 g/mol. The summed E-state index contributed by atoms with van der Waals surface area (Å²) in [7, 11) is 0. The molecule has 1 fully saturated rings. The van der Waals surface area contributed by atoms with Crippen LogP contribution in [0.1, 0.15) is 36.0 Å². The van der Waals surface area contributed by atoms with Gasteiger partial charge in [0.05, 0.1) is 15.7 Å². The number of nitrogens with two attached hydrogens (primary N) is 1. The molecule has 0 saturated carbocycles. The predicted molar refractivity (Wildman–Crippen MR) is 175 cm³/mol. The molecule has 43 heavy (non-hydrogen) atoms. The van der Waals surface area contributed by atoms with Gasteiger partial charge in [0.2, 0.25) is 0 Å². The molecular formula is C34H36Cl2N4O3. The Balaban J connectivity index is 1.31. The quantitative estimate of drug-likeness (QED) is 0.0888. The van der Waals surface area contributed by atoms with Crippen LogP contribution in [0.5, 0.6) is 11.5 Å². The van der Waals surface area contributed by atoms with Crippen molar-refractivity contribution >= 4 is 34.6 Å². The highest BCUT2D eigenvalue weighted by Gasteiger charge is 2.15. The van der Waals surface area contributed by atoms with Crippen LogP contribution >= 0.6 is 23.2 Å². The van der Waals surface area contributed by atoms with Crippen molar-refractivity contribution in [2.24, 2.45) is 5.18 Å². The Morgan fingerprint density at radius 2 is 1.63 bits per heavy atom. The first-order valence-electron chi connectivity index (χ1n) is 14.6. The molecule has 0 aromatic heterocycles. The number of benzene rings is 4. The van der Waals surface area contributed by atoms with Crippen LogP contribution in [0.4, 0.5) is 11.4 Å². The fraction of sp³-hybridized carbons (Fsp3) is 0.294. The lowest BCUT2D eigenvalue weighted by Gasteiger charge is -2.26. The van der Waals surface area contributed by atoms with E-state index in [4.69, 9.17) is 38.4 Å². The lowest BCUT2D eigenvalue weighted by Crippen LogP contribution is -2.35. The molecule has 5 rings (SSSR count). The summed E-state index contributed by atoms with van der Waals surface area (Å²) in [6.07, 6.45) is 3.86. The Morgan fingerprint density at radius 3 is 2.40 bits per heavy atom. The van der Waals surface area contributed by atoms with E-state index in [1.54, 1.807) is 18.2 Å². The van der Waals surface area contributed by atoms with Gasteiger partial charge in [0.25, 0.3) is 0 Å². The summed E-state index contributed by atoms with van der Waals surface area (Å²) in [5, 5.41) is 7.61. The van der Waals surface area contributed by atoms with Crippen LogP contribution in [-0.4, -0.2) is 31.1 Å². The van der Waals surface area contributed by atoms with E-state index in [1.165, 1.54) is 19.3 Å². The topological polar surface area (TPSA) is 89.2 Å². The summed E-state index contributed by atoms with van der Waals surface area (Å²) in [6.45, 7) is 5.26. The van der Waals surface area contributed by atoms with E-state index in [0.29, 0.717) is 33.8 Å². The molecule has 1 aliphatic heterocycles. The van der Waals surface area contributed by atoms with E-state index in [0.717, 1.165) is 54.0 Å². The molecule has 4 aromatic carbocycles. The molecule has 0 atom stereocenters. The summed E-state index contributed by atoms with van der Waals surface area (Å²) >= 11 is 13.5. The first-order chi connectivity index (χ1) is 21.0. The van der Waals surface area contributed by atoms with Gasteiger partial charge in [-0.05, 0) is 60.4 Å². The third kappa shape index (κ3) is 8.27. The lowest BCUT2D eigenvalue weighted by molar-refractivity contribution is 0.228. The number of hydrogen-bond acceptors (Lipinski definition) is 7. The maximum absolute atomic E-state index is 10.9. The Morgan fingerprint density at radius 1 is 0.837 bits per heavy atom. The molecule has 0 spiro atoms. The third-order valence-electron chi connectivity index (χ3n) is 7.62. The van der Waals surface area contributed by atoms with Gasteiger partial charge in [-0.1, -0.05) is 84.2 Å². The lowest BCUT2D eigenvalue weighted by atomic mass is 10.0. The number of nitrogen functional groups attached to an aromatic ring is 1. The molecular weight excluding hydrogens is 583 g/mol. The van der Waals surface area contributed by atoms with Crippen LogP contribution in [0.2, 0.25) is 10.0 Å². The van der Waals surface area contributed by atoms with Crippen LogP contribution in [0.3, 0.4) is 0 Å². The second kappa shape index (κ2) is 15.2. The van der Waals surface area contributed by atoms with E-state index in [9.17, 15) is 4.91 Å². The zero-order valence-electron chi connectivity index (χ0n) is 24.0. The number of nitrogens with one attached hydrogen (secondary N) is 1. The van der Waals surface area contributed by atoms with E-state index in [-0.39, 0.29) is 18.9 Å². The molecule has 7 nitrogen and oxygen atoms in total. The number of anilines is 1. The third-order valence-corrected chi connectivity index (χ3v) is 8.36. The molecule has 224 valence electrons. The molecule has 3 N–H and O–H groups in total. The standard InChI is InChI=1S/C34H36Cl2N4O3/c35-29-19-27(21-38-14-17-40-15-5-2-6-16-40)32(42-22-24-12-13-31(39-41)30(37)18-24)20-33(29)43-23-26-10-7-11-28(34(26)36)25-8-3-1-4-9-25/h1,3-4,7-13,18-20,38H,2,5-6,14-17,21-23,37H2. The Labute approximate surface area is 262 Å². The number of nitrogens with zero attached hydrogens (tertiary/aromatic N) is 2. The summed E-state index contributed by atoms with van der Waals surface area (Å²) in [5.74, 6) is 1.14. The summed E-state index contributed by atoms with van der Waals surface area (Å²) < 4.78 is 12.5. The normalized spacial score (nSPS) is 13.5. The van der Waals surface area contributed by atoms with Gasteiger partial charge in [0.1, 0.15) is 30.4 Å². The van der Waals surface area contributed by atoms with Gasteiger partial charge in [-0.3, -0.25) is 0 Å². The van der Waals surface area contributed by atoms with E-state index >= 15 is 0 Å². The molecule has 1 saturated heterocycles. The highest BCUT2D eigenvalue weighted by Crippen LogP contribution is 2.36. The van der Waals surface area contributed by atoms with Crippen molar-refractivity contribution in [1.29, 1.82) is 0 Å². The maximum Gasteiger partial charge on any atom is 0.142 e. The fourth-order valence-corrected chi connectivity index (χ4v) is 5.76. The van der Waals surface area contributed by atoms with Crippen molar-refractivity contribution in [3.05, 3.63) is 111 Å². The zero-order chi connectivity index (χ0) is 30.0. The first kappa shape index (κ1) is 30.8. The number of hydrogen-bond donors (Lipinski definition) is 2. The van der Waals surface area contributed by atoms with Gasteiger partial charge in [-0.2, -0.15) is 0 Å². The zero-order valence-corrected chi connectivity index (χ0v) is 25.5. The summed E-state index contributed by atoms with van der Waals surface area (Å²) in [6, 6.07) is 24.7. The highest BCUT2D eigenvalue weighted by atomic mass is 35.5. The van der Waals surface area contributed by atoms with Crippen LogP contribution in [0.15, 0.2) is 84.0 Å². The average molecular weight is 620 g/mol. The van der Waals surface area contributed by atoms with Gasteiger partial charge in [0, 0.05) is 42.4 Å². The van der Waals surface area contributed by atoms with Gasteiger partial charge in [-0.25, -0.2) is 0 Å². The molecule has 0 aliphatic carbocycles. The molecule has 0 bridgehead atoms. The fourth-order valence-electron chi connectivity index (χ4n) is 5.23. The number of halogens is 2. The molecule has 1 aliphatic rings. The van der Waals surface area contributed by atoms with Crippen molar-refractivity contribution in [3.8, 4) is 22.6 Å². The smallest absolute Gasteiger partial charge is 0.142 e. The average Bonchev–Trinajstić information content (AvgIpc) is 3.03. The maximum atomic E-state index is 10.9. The Kier molecular flexibility index (Phi) is 10.9. The SMILES string of the molecule is Nc1cc(COc2cc(OCc3cccc(-c4ccccc4)c3Cl)c(Cl)cc2CNCCN2CCCCC2)ccc1N=O. The van der Waals surface area contributed by atoms with Crippen molar-refractivity contribution in [2.45, 2.75) is 39.0 Å². The van der Waals surface area contributed by atoms with Gasteiger partial charge in [0.15, 0.2) is 0 Å². The summed E-state index contributed by atoms with van der Waals surface area (Å²) in [5.41, 5.74) is 11.0. The van der Waals surface area contributed by atoms with Crippen LogP contribution in [0, 0.1) is 4.91 Å². The van der Waals surface area contributed by atoms with Crippen LogP contribution in [-0.2, 0) is 19.8 Å². The molecule has 0 unspecified atom stereocenters. The second-order valence-electron chi connectivity index (χ2n) is 10.7. The number of nitroso groups, excluding NO2 is 1. The largest absolute Gasteiger partial charge is 0.488 e. The predicted octanol–water partition coefficient (Wildman–Crippen LogP) is 8.37. The number of ether oxygens (including phenoxy) is 2. The summed E-state index contributed by atoms with van der Waals surface area (Å²) in [4.78, 5) is 13.4. The molecule has 0 amide bonds. The van der Waals surface area contributed by atoms with E-state index < -0.39 is 0 Å². The van der Waals surface area contributed by atoms with Crippen molar-refractivity contribution in [2.75, 3.05) is 31.9 Å². The number of likely N-dealkylation sites (tertiary alicyclic amines) is 1. The van der Waals surface area contributed by atoms with Gasteiger partial charge in [-0.15, -0.1) is 4.91 Å². The molecule has 9 heteroatoms. The van der Waals surface area contributed by atoms with Crippen LogP contribution in [0.25, 0.3) is 11.1 Å². The second-order valence-corrected chi connectivity index (χ2v) is 11.5. The minimum atomic E-state index is 0.208. The Bertz CT molecular complexity index is 1530. The van der Waals surface area contributed by atoms with Crippen molar-refractivity contribution in [3.63, 3.8) is 0 Å². The van der Waals surface area contributed by atoms with E-state index in [1.807, 2.05) is 60.7 Å². The van der Waals surface area contributed by atoms with Gasteiger partial charge < -0.3 is 25.4 Å². The first-order valence-corrected chi connectivity index (χ1v) is 15.3. The van der Waals surface area contributed by atoms with Gasteiger partial charge >= 0.3 is 0 Å². The Hall–Kier alpha value is -3.62. The molecule has 0 radical (unpaired) electrons. The number of rotatable bonds is 13. The molecule has 1 heterocycles. The number of piperidine rings is 1. The highest BCUT2D eigenvalue weighted by molar-refractivity contribution is 6.34. The van der Waals surface area contributed by atoms with E-state index in [2.05, 4.69) is 15.4 Å². The minimum Gasteiger partial charge on any atom is -0.488 e. The molecule has 4 aromatic rings. The van der Waals surface area contributed by atoms with Crippen molar-refractivity contribution < 1.29 is 9.47 Å². The van der Waals surface area contributed by atoms with Crippen LogP contribution < -0.4 is 20.5 Å².